The van der Waals surface area contributed by atoms with Crippen LogP contribution < -0.4 is 10.2 Å². The van der Waals surface area contributed by atoms with Crippen LogP contribution in [-0.4, -0.2) is 69.3 Å². The van der Waals surface area contributed by atoms with Crippen molar-refractivity contribution in [3.8, 4) is 0 Å². The first kappa shape index (κ1) is 23.2. The molecule has 1 heterocycles. The number of carbonyl (C=O) groups excluding carboxylic acids is 1. The monoisotopic (exact) mass is 444 g/mol. The quantitative estimate of drug-likeness (QED) is 0.678. The lowest BCUT2D eigenvalue weighted by Gasteiger charge is -2.35. The molecule has 1 fully saturated rings. The molecule has 0 aliphatic carbocycles. The van der Waals surface area contributed by atoms with Crippen molar-refractivity contribution in [3.63, 3.8) is 0 Å². The molecular formula is C23H32N4O3S. The third-order valence-corrected chi connectivity index (χ3v) is 7.61. The molecule has 0 saturated carbocycles. The van der Waals surface area contributed by atoms with Crippen molar-refractivity contribution in [2.45, 2.75) is 25.7 Å². The summed E-state index contributed by atoms with van der Waals surface area (Å²) in [6.45, 7) is 10.2. The number of aryl methyl sites for hydroxylation is 1. The van der Waals surface area contributed by atoms with Gasteiger partial charge in [-0.2, -0.15) is 4.31 Å². The molecule has 0 unspecified atom stereocenters. The fourth-order valence-corrected chi connectivity index (χ4v) is 5.34. The van der Waals surface area contributed by atoms with Gasteiger partial charge in [0.25, 0.3) is 0 Å². The number of piperazine rings is 1. The smallest absolute Gasteiger partial charge is 0.243 e. The highest BCUT2D eigenvalue weighted by atomic mass is 32.2. The molecule has 0 aromatic heterocycles. The number of nitrogens with one attached hydrogen (secondary N) is 1. The summed E-state index contributed by atoms with van der Waals surface area (Å²) < 4.78 is 26.8. The Labute approximate surface area is 185 Å². The second-order valence-corrected chi connectivity index (χ2v) is 9.71. The van der Waals surface area contributed by atoms with Crippen LogP contribution in [0.1, 0.15) is 19.4 Å². The molecule has 3 rings (SSSR count). The first-order valence-corrected chi connectivity index (χ1v) is 12.2. The minimum absolute atomic E-state index is 0.138. The molecule has 2 aromatic rings. The van der Waals surface area contributed by atoms with Gasteiger partial charge in [-0.25, -0.2) is 8.42 Å². The number of rotatable bonds is 8. The van der Waals surface area contributed by atoms with Crippen LogP contribution in [0, 0.1) is 6.92 Å². The van der Waals surface area contributed by atoms with E-state index in [1.54, 1.807) is 18.2 Å². The Morgan fingerprint density at radius 1 is 1.00 bits per heavy atom. The summed E-state index contributed by atoms with van der Waals surface area (Å²) in [7, 11) is -3.56. The molecule has 0 atom stereocenters. The molecule has 1 saturated heterocycles. The minimum Gasteiger partial charge on any atom is -0.369 e. The Kier molecular flexibility index (Phi) is 7.69. The summed E-state index contributed by atoms with van der Waals surface area (Å²) in [5.74, 6) is -0.138. The van der Waals surface area contributed by atoms with Crippen molar-refractivity contribution in [3.05, 3.63) is 54.1 Å². The summed E-state index contributed by atoms with van der Waals surface area (Å²) in [4.78, 5) is 17.2. The lowest BCUT2D eigenvalue weighted by Crippen LogP contribution is -2.48. The molecule has 0 radical (unpaired) electrons. The van der Waals surface area contributed by atoms with Gasteiger partial charge in [0, 0.05) is 50.6 Å². The van der Waals surface area contributed by atoms with Crippen molar-refractivity contribution in [1.29, 1.82) is 0 Å². The van der Waals surface area contributed by atoms with Crippen molar-refractivity contribution >= 4 is 27.3 Å². The molecule has 1 N–H and O–H groups in total. The molecule has 168 valence electrons. The predicted octanol–water partition coefficient (Wildman–Crippen LogP) is 2.79. The van der Waals surface area contributed by atoms with Crippen molar-refractivity contribution in [2.24, 2.45) is 0 Å². The first-order chi connectivity index (χ1) is 14.8. The number of anilines is 2. The topological polar surface area (TPSA) is 73.0 Å². The molecule has 31 heavy (non-hydrogen) atoms. The van der Waals surface area contributed by atoms with E-state index in [1.807, 2.05) is 13.8 Å². The molecule has 7 nitrogen and oxygen atoms in total. The highest BCUT2D eigenvalue weighted by molar-refractivity contribution is 7.89. The zero-order valence-corrected chi connectivity index (χ0v) is 19.4. The maximum atomic E-state index is 12.7. The van der Waals surface area contributed by atoms with E-state index >= 15 is 0 Å². The van der Waals surface area contributed by atoms with E-state index in [0.717, 1.165) is 26.2 Å². The van der Waals surface area contributed by atoms with Crippen LogP contribution in [0.3, 0.4) is 0 Å². The van der Waals surface area contributed by atoms with Crippen LogP contribution in [0.2, 0.25) is 0 Å². The Bertz CT molecular complexity index is 997. The summed E-state index contributed by atoms with van der Waals surface area (Å²) in [6.07, 6.45) is 0. The zero-order valence-electron chi connectivity index (χ0n) is 18.5. The Hall–Kier alpha value is -2.42. The van der Waals surface area contributed by atoms with Crippen molar-refractivity contribution in [1.82, 2.24) is 9.21 Å². The molecule has 0 spiro atoms. The molecule has 1 amide bonds. The van der Waals surface area contributed by atoms with Gasteiger partial charge in [0.1, 0.15) is 0 Å². The number of nitrogens with zero attached hydrogens (tertiary/aromatic N) is 3. The zero-order chi connectivity index (χ0) is 22.4. The van der Waals surface area contributed by atoms with Crippen molar-refractivity contribution in [2.75, 3.05) is 56.0 Å². The number of hydrogen-bond donors (Lipinski definition) is 1. The molecule has 8 heteroatoms. The summed E-state index contributed by atoms with van der Waals surface area (Å²) >= 11 is 0. The standard InChI is InChI=1S/C23H32N4O3S/c1-4-27(5-2)31(29,30)22-11-7-9-20(17-22)24-23(28)18-25-12-14-26(15-13-25)21-10-6-8-19(3)16-21/h6-11,16-17H,4-5,12-15,18H2,1-3H3,(H,24,28). The fraction of sp³-hybridized carbons (Fsp3) is 0.435. The van der Waals surface area contributed by atoms with Gasteiger partial charge >= 0.3 is 0 Å². The average Bonchev–Trinajstić information content (AvgIpc) is 2.75. The van der Waals surface area contributed by atoms with Gasteiger partial charge < -0.3 is 10.2 Å². The largest absolute Gasteiger partial charge is 0.369 e. The molecular weight excluding hydrogens is 412 g/mol. The maximum Gasteiger partial charge on any atom is 0.243 e. The van der Waals surface area contributed by atoms with Gasteiger partial charge in [0.05, 0.1) is 11.4 Å². The van der Waals surface area contributed by atoms with Crippen LogP contribution >= 0.6 is 0 Å². The van der Waals surface area contributed by atoms with Gasteiger partial charge in [-0.05, 0) is 42.8 Å². The lowest BCUT2D eigenvalue weighted by molar-refractivity contribution is -0.117. The second-order valence-electron chi connectivity index (χ2n) is 7.77. The van der Waals surface area contributed by atoms with E-state index < -0.39 is 10.0 Å². The second kappa shape index (κ2) is 10.3. The van der Waals surface area contributed by atoms with E-state index in [9.17, 15) is 13.2 Å². The third-order valence-electron chi connectivity index (χ3n) is 5.57. The Balaban J connectivity index is 1.56. The normalized spacial score (nSPS) is 15.3. The van der Waals surface area contributed by atoms with Gasteiger partial charge in [-0.1, -0.05) is 32.0 Å². The number of hydrogen-bond acceptors (Lipinski definition) is 5. The van der Waals surface area contributed by atoms with E-state index in [0.29, 0.717) is 18.8 Å². The summed E-state index contributed by atoms with van der Waals surface area (Å²) in [5.41, 5.74) is 2.96. The number of benzene rings is 2. The molecule has 1 aliphatic heterocycles. The van der Waals surface area contributed by atoms with E-state index in [-0.39, 0.29) is 17.3 Å². The number of amides is 1. The van der Waals surface area contributed by atoms with Gasteiger partial charge in [0.15, 0.2) is 0 Å². The molecule has 0 bridgehead atoms. The molecule has 1 aliphatic rings. The first-order valence-electron chi connectivity index (χ1n) is 10.8. The van der Waals surface area contributed by atoms with E-state index in [2.05, 4.69) is 46.3 Å². The Morgan fingerprint density at radius 2 is 1.68 bits per heavy atom. The van der Waals surface area contributed by atoms with Gasteiger partial charge in [-0.3, -0.25) is 9.69 Å². The van der Waals surface area contributed by atoms with E-state index in [1.165, 1.54) is 21.6 Å². The predicted molar refractivity (Wildman–Crippen MR) is 125 cm³/mol. The van der Waals surface area contributed by atoms with Crippen LogP contribution in [0.4, 0.5) is 11.4 Å². The lowest BCUT2D eigenvalue weighted by atomic mass is 10.2. The maximum absolute atomic E-state index is 12.7. The average molecular weight is 445 g/mol. The SMILES string of the molecule is CCN(CC)S(=O)(=O)c1cccc(NC(=O)CN2CCN(c3cccc(C)c3)CC2)c1. The molecule has 2 aromatic carbocycles. The minimum atomic E-state index is -3.56. The van der Waals surface area contributed by atoms with Gasteiger partial charge in [-0.15, -0.1) is 0 Å². The summed E-state index contributed by atoms with van der Waals surface area (Å²) in [5, 5.41) is 2.85. The van der Waals surface area contributed by atoms with Crippen LogP contribution in [0.5, 0.6) is 0 Å². The van der Waals surface area contributed by atoms with Crippen LogP contribution in [0.25, 0.3) is 0 Å². The number of carbonyl (C=O) groups is 1. The van der Waals surface area contributed by atoms with Crippen LogP contribution in [0.15, 0.2) is 53.4 Å². The van der Waals surface area contributed by atoms with Gasteiger partial charge in [0.2, 0.25) is 15.9 Å². The highest BCUT2D eigenvalue weighted by Crippen LogP contribution is 2.20. The Morgan fingerprint density at radius 3 is 2.32 bits per heavy atom. The highest BCUT2D eigenvalue weighted by Gasteiger charge is 2.23. The summed E-state index contributed by atoms with van der Waals surface area (Å²) in [6, 6.07) is 14.9. The number of sulfonamides is 1. The third kappa shape index (κ3) is 5.84. The van der Waals surface area contributed by atoms with Crippen LogP contribution in [-0.2, 0) is 14.8 Å². The van der Waals surface area contributed by atoms with E-state index in [4.69, 9.17) is 0 Å². The van der Waals surface area contributed by atoms with Crippen molar-refractivity contribution < 1.29 is 13.2 Å². The fourth-order valence-electron chi connectivity index (χ4n) is 3.84.